The number of hydrogen-bond acceptors (Lipinski definition) is 3. The number of amides is 1. The molecule has 2 saturated heterocycles. The first-order valence-corrected chi connectivity index (χ1v) is 8.00. The minimum Gasteiger partial charge on any atom is -0.340 e. The van der Waals surface area contributed by atoms with Gasteiger partial charge in [0, 0.05) is 31.7 Å². The van der Waals surface area contributed by atoms with Gasteiger partial charge in [0.2, 0.25) is 5.91 Å². The standard InChI is InChI=1S/C17H25N3O.2ClH/c1-13(16(18)14-6-3-2-4-7-14)17(21)20-11-10-19-9-5-8-15(19)12-20;;/h2-4,6-7,13,15-16H,5,8-12,18H2,1H3;2*1H. The molecule has 0 aromatic heterocycles. The molecule has 6 heteroatoms. The van der Waals surface area contributed by atoms with Crippen LogP contribution >= 0.6 is 24.8 Å². The van der Waals surface area contributed by atoms with Gasteiger partial charge in [0.05, 0.1) is 5.92 Å². The molecule has 1 amide bonds. The normalized spacial score (nSPS) is 23.2. The zero-order chi connectivity index (χ0) is 14.8. The summed E-state index contributed by atoms with van der Waals surface area (Å²) in [6, 6.07) is 10.3. The molecule has 1 aromatic rings. The molecule has 23 heavy (non-hydrogen) atoms. The zero-order valence-electron chi connectivity index (χ0n) is 13.6. The van der Waals surface area contributed by atoms with Crippen LogP contribution in [-0.2, 0) is 4.79 Å². The molecule has 2 N–H and O–H groups in total. The van der Waals surface area contributed by atoms with Crippen LogP contribution < -0.4 is 5.73 Å². The van der Waals surface area contributed by atoms with Gasteiger partial charge in [0.1, 0.15) is 0 Å². The lowest BCUT2D eigenvalue weighted by molar-refractivity contribution is -0.138. The molecular weight excluding hydrogens is 333 g/mol. The average Bonchev–Trinajstić information content (AvgIpc) is 3.01. The van der Waals surface area contributed by atoms with Gasteiger partial charge in [-0.1, -0.05) is 37.3 Å². The predicted molar refractivity (Wildman–Crippen MR) is 98.2 cm³/mol. The fourth-order valence-electron chi connectivity index (χ4n) is 3.60. The number of carbonyl (C=O) groups is 1. The SMILES string of the molecule is CC(C(=O)N1CCN2CCCC2C1)C(N)c1ccccc1.Cl.Cl. The number of piperazine rings is 1. The summed E-state index contributed by atoms with van der Waals surface area (Å²) in [7, 11) is 0. The smallest absolute Gasteiger partial charge is 0.227 e. The quantitative estimate of drug-likeness (QED) is 0.901. The van der Waals surface area contributed by atoms with Crippen molar-refractivity contribution in [1.29, 1.82) is 0 Å². The summed E-state index contributed by atoms with van der Waals surface area (Å²) in [4.78, 5) is 17.3. The molecule has 2 aliphatic heterocycles. The number of nitrogens with zero attached hydrogens (tertiary/aromatic N) is 2. The summed E-state index contributed by atoms with van der Waals surface area (Å²) in [6.07, 6.45) is 2.49. The molecule has 0 bridgehead atoms. The fraction of sp³-hybridized carbons (Fsp3) is 0.588. The Morgan fingerprint density at radius 1 is 1.17 bits per heavy atom. The molecule has 130 valence electrons. The molecule has 0 radical (unpaired) electrons. The van der Waals surface area contributed by atoms with Crippen molar-refractivity contribution < 1.29 is 4.79 Å². The van der Waals surface area contributed by atoms with Gasteiger partial charge in [-0.2, -0.15) is 0 Å². The first kappa shape index (κ1) is 20.2. The van der Waals surface area contributed by atoms with Crippen molar-refractivity contribution in [2.45, 2.75) is 31.8 Å². The van der Waals surface area contributed by atoms with Crippen molar-refractivity contribution in [3.8, 4) is 0 Å². The van der Waals surface area contributed by atoms with Gasteiger partial charge in [0.25, 0.3) is 0 Å². The minimum absolute atomic E-state index is 0. The molecule has 3 unspecified atom stereocenters. The summed E-state index contributed by atoms with van der Waals surface area (Å²) in [6.45, 7) is 5.91. The van der Waals surface area contributed by atoms with Gasteiger partial charge in [-0.3, -0.25) is 9.69 Å². The van der Waals surface area contributed by atoms with Crippen molar-refractivity contribution in [1.82, 2.24) is 9.80 Å². The van der Waals surface area contributed by atoms with Crippen molar-refractivity contribution >= 4 is 30.7 Å². The van der Waals surface area contributed by atoms with E-state index in [0.29, 0.717) is 6.04 Å². The van der Waals surface area contributed by atoms with E-state index in [4.69, 9.17) is 5.73 Å². The largest absolute Gasteiger partial charge is 0.340 e. The highest BCUT2D eigenvalue weighted by Crippen LogP contribution is 2.25. The molecule has 2 fully saturated rings. The van der Waals surface area contributed by atoms with E-state index in [9.17, 15) is 4.79 Å². The highest BCUT2D eigenvalue weighted by atomic mass is 35.5. The third-order valence-electron chi connectivity index (χ3n) is 5.01. The minimum atomic E-state index is -0.222. The number of benzene rings is 1. The Kier molecular flexibility index (Phi) is 7.81. The van der Waals surface area contributed by atoms with E-state index in [1.807, 2.05) is 42.2 Å². The molecular formula is C17H27Cl2N3O. The average molecular weight is 360 g/mol. The second-order valence-electron chi connectivity index (χ2n) is 6.34. The van der Waals surface area contributed by atoms with E-state index in [1.165, 1.54) is 19.4 Å². The van der Waals surface area contributed by atoms with Crippen molar-refractivity contribution in [3.63, 3.8) is 0 Å². The number of hydrogen-bond donors (Lipinski definition) is 1. The highest BCUT2D eigenvalue weighted by Gasteiger charge is 2.35. The van der Waals surface area contributed by atoms with E-state index in [2.05, 4.69) is 4.90 Å². The van der Waals surface area contributed by atoms with Crippen molar-refractivity contribution in [2.75, 3.05) is 26.2 Å². The third-order valence-corrected chi connectivity index (χ3v) is 5.01. The zero-order valence-corrected chi connectivity index (χ0v) is 15.2. The molecule has 0 aliphatic carbocycles. The van der Waals surface area contributed by atoms with Crippen molar-refractivity contribution in [3.05, 3.63) is 35.9 Å². The number of nitrogens with two attached hydrogens (primary N) is 1. The van der Waals surface area contributed by atoms with Crippen LogP contribution in [0.15, 0.2) is 30.3 Å². The first-order chi connectivity index (χ1) is 10.2. The van der Waals surface area contributed by atoms with Gasteiger partial charge in [-0.15, -0.1) is 24.8 Å². The van der Waals surface area contributed by atoms with E-state index >= 15 is 0 Å². The van der Waals surface area contributed by atoms with Crippen LogP contribution in [0, 0.1) is 5.92 Å². The van der Waals surface area contributed by atoms with Crippen LogP contribution in [0.5, 0.6) is 0 Å². The number of fused-ring (bicyclic) bond motifs is 1. The lowest BCUT2D eigenvalue weighted by atomic mass is 9.93. The lowest BCUT2D eigenvalue weighted by Gasteiger charge is -2.39. The Morgan fingerprint density at radius 2 is 1.87 bits per heavy atom. The topological polar surface area (TPSA) is 49.6 Å². The van der Waals surface area contributed by atoms with Crippen LogP contribution in [0.1, 0.15) is 31.4 Å². The Balaban J connectivity index is 0.00000132. The summed E-state index contributed by atoms with van der Waals surface area (Å²) >= 11 is 0. The van der Waals surface area contributed by atoms with Gasteiger partial charge < -0.3 is 10.6 Å². The van der Waals surface area contributed by atoms with Crippen LogP contribution in [0.25, 0.3) is 0 Å². The predicted octanol–water partition coefficient (Wildman–Crippen LogP) is 2.47. The van der Waals surface area contributed by atoms with E-state index < -0.39 is 0 Å². The van der Waals surface area contributed by atoms with Crippen molar-refractivity contribution in [2.24, 2.45) is 11.7 Å². The van der Waals surface area contributed by atoms with Gasteiger partial charge >= 0.3 is 0 Å². The van der Waals surface area contributed by atoms with Gasteiger partial charge in [0.15, 0.2) is 0 Å². The first-order valence-electron chi connectivity index (χ1n) is 8.00. The summed E-state index contributed by atoms with van der Waals surface area (Å²) in [5, 5.41) is 0. The lowest BCUT2D eigenvalue weighted by Crippen LogP contribution is -2.53. The van der Waals surface area contributed by atoms with E-state index in [-0.39, 0.29) is 42.7 Å². The maximum absolute atomic E-state index is 12.7. The monoisotopic (exact) mass is 359 g/mol. The Labute approximate surface area is 151 Å². The van der Waals surface area contributed by atoms with E-state index in [1.54, 1.807) is 0 Å². The maximum Gasteiger partial charge on any atom is 0.227 e. The molecule has 2 aliphatic rings. The highest BCUT2D eigenvalue weighted by molar-refractivity contribution is 5.85. The molecule has 0 saturated carbocycles. The molecule has 1 aromatic carbocycles. The third kappa shape index (κ3) is 4.38. The van der Waals surface area contributed by atoms with Gasteiger partial charge in [-0.05, 0) is 24.9 Å². The molecule has 2 heterocycles. The summed E-state index contributed by atoms with van der Waals surface area (Å²) in [5.74, 6) is 0.0401. The Hall–Kier alpha value is -0.810. The summed E-state index contributed by atoms with van der Waals surface area (Å²) in [5.41, 5.74) is 7.33. The summed E-state index contributed by atoms with van der Waals surface area (Å²) < 4.78 is 0. The number of halogens is 2. The van der Waals surface area contributed by atoms with E-state index in [0.717, 1.165) is 25.2 Å². The molecule has 4 nitrogen and oxygen atoms in total. The Morgan fingerprint density at radius 3 is 2.57 bits per heavy atom. The fourth-order valence-corrected chi connectivity index (χ4v) is 3.60. The van der Waals surface area contributed by atoms with Gasteiger partial charge in [-0.25, -0.2) is 0 Å². The second-order valence-corrected chi connectivity index (χ2v) is 6.34. The van der Waals surface area contributed by atoms with Crippen LogP contribution in [0.4, 0.5) is 0 Å². The maximum atomic E-state index is 12.7. The Bertz CT molecular complexity index is 500. The molecule has 0 spiro atoms. The van der Waals surface area contributed by atoms with Crippen LogP contribution in [0.2, 0.25) is 0 Å². The molecule has 3 atom stereocenters. The van der Waals surface area contributed by atoms with Crippen LogP contribution in [-0.4, -0.2) is 47.9 Å². The number of carbonyl (C=O) groups excluding carboxylic acids is 1. The van der Waals surface area contributed by atoms with Crippen LogP contribution in [0.3, 0.4) is 0 Å². The molecule has 3 rings (SSSR count). The second kappa shape index (κ2) is 8.88. The number of rotatable bonds is 3.